The number of anilines is 1. The maximum atomic E-state index is 11.9. The molecule has 8 heteroatoms. The van der Waals surface area contributed by atoms with Crippen LogP contribution in [0.25, 0.3) is 5.69 Å². The van der Waals surface area contributed by atoms with Crippen LogP contribution in [0, 0.1) is 0 Å². The molecule has 0 saturated carbocycles. The van der Waals surface area contributed by atoms with Crippen LogP contribution in [0.5, 0.6) is 0 Å². The highest BCUT2D eigenvalue weighted by atomic mass is 16.5. The molecule has 0 bridgehead atoms. The van der Waals surface area contributed by atoms with Crippen molar-refractivity contribution in [3.63, 3.8) is 0 Å². The van der Waals surface area contributed by atoms with E-state index in [1.165, 1.54) is 10.9 Å². The Kier molecular flexibility index (Phi) is 6.21. The average Bonchev–Trinajstić information content (AvgIpc) is 3.05. The van der Waals surface area contributed by atoms with Gasteiger partial charge in [-0.25, -0.2) is 9.48 Å². The van der Waals surface area contributed by atoms with E-state index in [0.29, 0.717) is 37.4 Å². The van der Waals surface area contributed by atoms with Gasteiger partial charge in [0.1, 0.15) is 0 Å². The number of nitrogens with zero attached hydrogens (tertiary/aromatic N) is 3. The van der Waals surface area contributed by atoms with Gasteiger partial charge in [-0.3, -0.25) is 4.79 Å². The molecule has 0 aliphatic heterocycles. The van der Waals surface area contributed by atoms with Crippen molar-refractivity contribution >= 4 is 17.6 Å². The molecule has 126 valence electrons. The number of carbonyl (C=O) groups excluding carboxylic acids is 1. The molecule has 0 spiro atoms. The lowest BCUT2D eigenvalue weighted by Gasteiger charge is -2.07. The van der Waals surface area contributed by atoms with Crippen molar-refractivity contribution in [1.29, 1.82) is 0 Å². The van der Waals surface area contributed by atoms with Crippen molar-refractivity contribution in [1.82, 2.24) is 15.0 Å². The fraction of sp³-hybridized carbons (Fsp3) is 0.250. The molecule has 0 fully saturated rings. The van der Waals surface area contributed by atoms with Crippen LogP contribution in [0.1, 0.15) is 23.3 Å². The van der Waals surface area contributed by atoms with Gasteiger partial charge in [-0.15, -0.1) is 11.7 Å². The maximum absolute atomic E-state index is 11.9. The Morgan fingerprint density at radius 3 is 2.96 bits per heavy atom. The van der Waals surface area contributed by atoms with E-state index < -0.39 is 5.97 Å². The molecule has 0 aliphatic rings. The quantitative estimate of drug-likeness (QED) is 0.537. The fourth-order valence-electron chi connectivity index (χ4n) is 1.94. The van der Waals surface area contributed by atoms with Crippen LogP contribution < -0.4 is 5.32 Å². The lowest BCUT2D eigenvalue weighted by molar-refractivity contribution is -0.116. The molecule has 24 heavy (non-hydrogen) atoms. The van der Waals surface area contributed by atoms with Crippen LogP contribution in [0.3, 0.4) is 0 Å². The largest absolute Gasteiger partial charge is 0.476 e. The molecule has 0 saturated heterocycles. The smallest absolute Gasteiger partial charge is 0.358 e. The minimum Gasteiger partial charge on any atom is -0.476 e. The predicted molar refractivity (Wildman–Crippen MR) is 87.2 cm³/mol. The van der Waals surface area contributed by atoms with Crippen LogP contribution in [0.4, 0.5) is 5.69 Å². The Morgan fingerprint density at radius 2 is 2.25 bits per heavy atom. The number of carboxylic acids is 1. The summed E-state index contributed by atoms with van der Waals surface area (Å²) in [6, 6.07) is 6.90. The highest BCUT2D eigenvalue weighted by Crippen LogP contribution is 2.14. The van der Waals surface area contributed by atoms with Gasteiger partial charge in [0.05, 0.1) is 18.5 Å². The maximum Gasteiger partial charge on any atom is 0.358 e. The number of amides is 1. The molecule has 1 aromatic heterocycles. The fourth-order valence-corrected chi connectivity index (χ4v) is 1.94. The molecule has 2 rings (SSSR count). The SMILES string of the molecule is C=CCOCCCC(=O)Nc1cccc(-n2cc(C(=O)O)nn2)c1. The number of carbonyl (C=O) groups is 2. The van der Waals surface area contributed by atoms with E-state index >= 15 is 0 Å². The number of hydrogen-bond donors (Lipinski definition) is 2. The summed E-state index contributed by atoms with van der Waals surface area (Å²) < 4.78 is 6.55. The molecular formula is C16H18N4O4. The monoisotopic (exact) mass is 330 g/mol. The van der Waals surface area contributed by atoms with Gasteiger partial charge in [0.2, 0.25) is 5.91 Å². The van der Waals surface area contributed by atoms with Crippen LogP contribution in [0.2, 0.25) is 0 Å². The Morgan fingerprint density at radius 1 is 1.42 bits per heavy atom. The number of hydrogen-bond acceptors (Lipinski definition) is 5. The summed E-state index contributed by atoms with van der Waals surface area (Å²) in [7, 11) is 0. The highest BCUT2D eigenvalue weighted by Gasteiger charge is 2.10. The lowest BCUT2D eigenvalue weighted by Crippen LogP contribution is -2.12. The molecule has 8 nitrogen and oxygen atoms in total. The molecule has 0 radical (unpaired) electrons. The molecule has 0 unspecified atom stereocenters. The topological polar surface area (TPSA) is 106 Å². The Bertz CT molecular complexity index is 726. The van der Waals surface area contributed by atoms with Crippen molar-refractivity contribution in [2.45, 2.75) is 12.8 Å². The summed E-state index contributed by atoms with van der Waals surface area (Å²) in [4.78, 5) is 22.7. The number of aromatic nitrogens is 3. The molecule has 2 N–H and O–H groups in total. The summed E-state index contributed by atoms with van der Waals surface area (Å²) in [5.74, 6) is -1.27. The van der Waals surface area contributed by atoms with Gasteiger partial charge >= 0.3 is 5.97 Å². The minimum atomic E-state index is -1.15. The van der Waals surface area contributed by atoms with Crippen molar-refractivity contribution in [3.05, 3.63) is 48.8 Å². The van der Waals surface area contributed by atoms with E-state index in [4.69, 9.17) is 9.84 Å². The van der Waals surface area contributed by atoms with E-state index in [2.05, 4.69) is 22.2 Å². The summed E-state index contributed by atoms with van der Waals surface area (Å²) in [6.45, 7) is 4.51. The van der Waals surface area contributed by atoms with Gasteiger partial charge in [-0.2, -0.15) is 0 Å². The second-order valence-corrected chi connectivity index (χ2v) is 4.92. The minimum absolute atomic E-state index is 0.126. The summed E-state index contributed by atoms with van der Waals surface area (Å²) >= 11 is 0. The number of nitrogens with one attached hydrogen (secondary N) is 1. The molecule has 0 atom stereocenters. The first-order valence-electron chi connectivity index (χ1n) is 7.34. The zero-order chi connectivity index (χ0) is 17.4. The first-order valence-corrected chi connectivity index (χ1v) is 7.34. The average molecular weight is 330 g/mol. The Hall–Kier alpha value is -3.00. The van der Waals surface area contributed by atoms with E-state index in [9.17, 15) is 9.59 Å². The van der Waals surface area contributed by atoms with Crippen LogP contribution in [0.15, 0.2) is 43.1 Å². The number of aromatic carboxylic acids is 1. The van der Waals surface area contributed by atoms with Gasteiger partial charge in [-0.1, -0.05) is 17.4 Å². The zero-order valence-electron chi connectivity index (χ0n) is 13.0. The molecular weight excluding hydrogens is 312 g/mol. The molecule has 0 aliphatic carbocycles. The van der Waals surface area contributed by atoms with E-state index in [1.54, 1.807) is 30.3 Å². The highest BCUT2D eigenvalue weighted by molar-refractivity contribution is 5.91. The van der Waals surface area contributed by atoms with Crippen LogP contribution >= 0.6 is 0 Å². The third-order valence-electron chi connectivity index (χ3n) is 3.04. The Labute approximate surface area is 138 Å². The number of benzene rings is 1. The van der Waals surface area contributed by atoms with Crippen LogP contribution in [-0.4, -0.2) is 45.2 Å². The van der Waals surface area contributed by atoms with E-state index in [-0.39, 0.29) is 11.6 Å². The van der Waals surface area contributed by atoms with Gasteiger partial charge in [0, 0.05) is 18.7 Å². The van der Waals surface area contributed by atoms with Crippen molar-refractivity contribution in [3.8, 4) is 5.69 Å². The molecule has 1 amide bonds. The number of rotatable bonds is 9. The van der Waals surface area contributed by atoms with Crippen molar-refractivity contribution < 1.29 is 19.4 Å². The molecule has 2 aromatic rings. The summed E-state index contributed by atoms with van der Waals surface area (Å²) in [5, 5.41) is 19.0. The standard InChI is InChI=1S/C16H18N4O4/c1-2-8-24-9-4-7-15(21)17-12-5-3-6-13(10-12)20-11-14(16(22)23)18-19-20/h2-3,5-6,10-11H,1,4,7-9H2,(H,17,21)(H,22,23). The van der Waals surface area contributed by atoms with Gasteiger partial charge < -0.3 is 15.2 Å². The zero-order valence-corrected chi connectivity index (χ0v) is 13.0. The van der Waals surface area contributed by atoms with E-state index in [0.717, 1.165) is 0 Å². The third-order valence-corrected chi connectivity index (χ3v) is 3.04. The first-order chi connectivity index (χ1) is 11.6. The first kappa shape index (κ1) is 17.4. The van der Waals surface area contributed by atoms with Crippen molar-refractivity contribution in [2.24, 2.45) is 0 Å². The lowest BCUT2D eigenvalue weighted by atomic mass is 10.2. The van der Waals surface area contributed by atoms with Crippen molar-refractivity contribution in [2.75, 3.05) is 18.5 Å². The molecule has 1 heterocycles. The summed E-state index contributed by atoms with van der Waals surface area (Å²) in [6.07, 6.45) is 3.92. The predicted octanol–water partition coefficient (Wildman–Crippen LogP) is 1.89. The molecule has 1 aromatic carbocycles. The third kappa shape index (κ3) is 5.03. The van der Waals surface area contributed by atoms with Gasteiger partial charge in [-0.05, 0) is 24.6 Å². The number of ether oxygens (including phenoxy) is 1. The number of carboxylic acid groups (broad SMARTS) is 1. The second-order valence-electron chi connectivity index (χ2n) is 4.92. The van der Waals surface area contributed by atoms with E-state index in [1.807, 2.05) is 0 Å². The van der Waals surface area contributed by atoms with Gasteiger partial charge in [0.25, 0.3) is 0 Å². The van der Waals surface area contributed by atoms with Crippen LogP contribution in [-0.2, 0) is 9.53 Å². The normalized spacial score (nSPS) is 10.3. The van der Waals surface area contributed by atoms with Gasteiger partial charge in [0.15, 0.2) is 5.69 Å². The Balaban J connectivity index is 1.93. The summed E-state index contributed by atoms with van der Waals surface area (Å²) in [5.41, 5.74) is 1.04. The second kappa shape index (κ2) is 8.59.